The molecule has 0 spiro atoms. The van der Waals surface area contributed by atoms with Crippen LogP contribution in [0.4, 0.5) is 0 Å². The second-order valence-electron chi connectivity index (χ2n) is 7.89. The van der Waals surface area contributed by atoms with Crippen molar-refractivity contribution in [2.45, 2.75) is 40.2 Å². The number of likely N-dealkylation sites (tertiary alicyclic amines) is 1. The molecular formula is C22H25N3O2S. The molecule has 3 heterocycles. The number of rotatable bonds is 3. The zero-order chi connectivity index (χ0) is 19.8. The Balaban J connectivity index is 1.69. The maximum Gasteiger partial charge on any atom is 0.263 e. The monoisotopic (exact) mass is 395 g/mol. The highest BCUT2D eigenvalue weighted by molar-refractivity contribution is 7.17. The van der Waals surface area contributed by atoms with Crippen molar-refractivity contribution in [1.29, 1.82) is 0 Å². The molecule has 5 nitrogen and oxygen atoms in total. The average Bonchev–Trinajstić information content (AvgIpc) is 3.09. The number of hydrogen-bond donors (Lipinski definition) is 0. The summed E-state index contributed by atoms with van der Waals surface area (Å²) < 4.78 is 1.46. The van der Waals surface area contributed by atoms with Crippen molar-refractivity contribution >= 4 is 27.5 Å². The molecule has 0 radical (unpaired) electrons. The van der Waals surface area contributed by atoms with Gasteiger partial charge in [0.25, 0.3) is 5.56 Å². The molecular weight excluding hydrogens is 370 g/mol. The first kappa shape index (κ1) is 18.9. The van der Waals surface area contributed by atoms with Gasteiger partial charge in [0.1, 0.15) is 11.4 Å². The van der Waals surface area contributed by atoms with E-state index in [0.29, 0.717) is 11.3 Å². The highest BCUT2D eigenvalue weighted by Crippen LogP contribution is 2.33. The van der Waals surface area contributed by atoms with Crippen molar-refractivity contribution in [2.24, 2.45) is 5.92 Å². The molecule has 146 valence electrons. The SMILES string of the molecule is Cc1ccc(-c2csc3ncn(CC(=O)N4CCC(C)CC4)c(=O)c23)c(C)c1. The van der Waals surface area contributed by atoms with Crippen LogP contribution in [0.15, 0.2) is 34.7 Å². The lowest BCUT2D eigenvalue weighted by Crippen LogP contribution is -2.41. The number of amides is 1. The molecule has 0 N–H and O–H groups in total. The van der Waals surface area contributed by atoms with Crippen molar-refractivity contribution in [2.75, 3.05) is 13.1 Å². The van der Waals surface area contributed by atoms with E-state index in [1.165, 1.54) is 27.8 Å². The predicted molar refractivity (Wildman–Crippen MR) is 114 cm³/mol. The van der Waals surface area contributed by atoms with Crippen molar-refractivity contribution in [3.05, 3.63) is 51.4 Å². The van der Waals surface area contributed by atoms with Crippen LogP contribution in [0, 0.1) is 19.8 Å². The number of carbonyl (C=O) groups is 1. The van der Waals surface area contributed by atoms with E-state index in [1.54, 1.807) is 0 Å². The number of nitrogens with zero attached hydrogens (tertiary/aromatic N) is 3. The molecule has 1 amide bonds. The molecule has 4 rings (SSSR count). The first-order valence-corrected chi connectivity index (χ1v) is 10.6. The Hall–Kier alpha value is -2.47. The summed E-state index contributed by atoms with van der Waals surface area (Å²) in [5.74, 6) is 0.661. The fourth-order valence-electron chi connectivity index (χ4n) is 3.90. The molecule has 1 aromatic carbocycles. The van der Waals surface area contributed by atoms with Crippen LogP contribution >= 0.6 is 11.3 Å². The first-order chi connectivity index (χ1) is 13.4. The summed E-state index contributed by atoms with van der Waals surface area (Å²) in [6, 6.07) is 6.24. The van der Waals surface area contributed by atoms with Crippen molar-refractivity contribution in [3.63, 3.8) is 0 Å². The molecule has 1 aliphatic rings. The third kappa shape index (κ3) is 3.49. The maximum atomic E-state index is 13.2. The van der Waals surface area contributed by atoms with Gasteiger partial charge in [0.15, 0.2) is 0 Å². The molecule has 0 aliphatic carbocycles. The van der Waals surface area contributed by atoms with E-state index in [1.807, 2.05) is 10.3 Å². The summed E-state index contributed by atoms with van der Waals surface area (Å²) in [5.41, 5.74) is 4.14. The lowest BCUT2D eigenvalue weighted by molar-refractivity contribution is -0.133. The number of fused-ring (bicyclic) bond motifs is 1. The first-order valence-electron chi connectivity index (χ1n) is 9.76. The third-order valence-corrected chi connectivity index (χ3v) is 6.56. The third-order valence-electron chi connectivity index (χ3n) is 5.67. The molecule has 0 saturated carbocycles. The van der Waals surface area contributed by atoms with E-state index in [0.717, 1.165) is 47.5 Å². The van der Waals surface area contributed by atoms with Crippen LogP contribution in [0.2, 0.25) is 0 Å². The van der Waals surface area contributed by atoms with Gasteiger partial charge in [0, 0.05) is 24.0 Å². The molecule has 1 saturated heterocycles. The molecule has 0 atom stereocenters. The number of thiophene rings is 1. The second kappa shape index (κ2) is 7.51. The Bertz CT molecular complexity index is 1090. The molecule has 0 unspecified atom stereocenters. The van der Waals surface area contributed by atoms with Gasteiger partial charge in [-0.15, -0.1) is 11.3 Å². The number of carbonyl (C=O) groups excluding carboxylic acids is 1. The number of hydrogen-bond acceptors (Lipinski definition) is 4. The maximum absolute atomic E-state index is 13.2. The van der Waals surface area contributed by atoms with Gasteiger partial charge in [-0.25, -0.2) is 4.98 Å². The average molecular weight is 396 g/mol. The minimum Gasteiger partial charge on any atom is -0.341 e. The van der Waals surface area contributed by atoms with Crippen LogP contribution in [0.1, 0.15) is 30.9 Å². The molecule has 0 bridgehead atoms. The van der Waals surface area contributed by atoms with Crippen LogP contribution in [-0.2, 0) is 11.3 Å². The van der Waals surface area contributed by atoms with E-state index >= 15 is 0 Å². The Morgan fingerprint density at radius 3 is 2.68 bits per heavy atom. The van der Waals surface area contributed by atoms with Gasteiger partial charge in [-0.1, -0.05) is 30.7 Å². The van der Waals surface area contributed by atoms with Gasteiger partial charge < -0.3 is 4.90 Å². The van der Waals surface area contributed by atoms with Crippen LogP contribution < -0.4 is 5.56 Å². The Morgan fingerprint density at radius 1 is 1.21 bits per heavy atom. The molecule has 3 aromatic rings. The predicted octanol–water partition coefficient (Wildman–Crippen LogP) is 4.00. The lowest BCUT2D eigenvalue weighted by Gasteiger charge is -2.30. The molecule has 1 fully saturated rings. The van der Waals surface area contributed by atoms with E-state index in [9.17, 15) is 9.59 Å². The highest BCUT2D eigenvalue weighted by atomic mass is 32.1. The van der Waals surface area contributed by atoms with Crippen molar-refractivity contribution in [1.82, 2.24) is 14.5 Å². The highest BCUT2D eigenvalue weighted by Gasteiger charge is 2.22. The minimum absolute atomic E-state index is 0.00144. The minimum atomic E-state index is -0.139. The molecule has 1 aliphatic heterocycles. The number of piperidine rings is 1. The topological polar surface area (TPSA) is 55.2 Å². The molecule has 6 heteroatoms. The summed E-state index contributed by atoms with van der Waals surface area (Å²) in [6.45, 7) is 7.94. The largest absolute Gasteiger partial charge is 0.341 e. The fraction of sp³-hybridized carbons (Fsp3) is 0.409. The van der Waals surface area contributed by atoms with Crippen molar-refractivity contribution in [3.8, 4) is 11.1 Å². The standard InChI is InChI=1S/C22H25N3O2S/c1-14-6-8-24(9-7-14)19(26)11-25-13-23-21-20(22(25)27)18(12-28-21)17-5-4-15(2)10-16(17)3/h4-5,10,12-14H,6-9,11H2,1-3H3. The van der Waals surface area contributed by atoms with Crippen LogP contribution in [0.5, 0.6) is 0 Å². The number of benzene rings is 1. The van der Waals surface area contributed by atoms with E-state index in [2.05, 4.69) is 44.0 Å². The molecule has 28 heavy (non-hydrogen) atoms. The molecule has 2 aromatic heterocycles. The van der Waals surface area contributed by atoms with E-state index < -0.39 is 0 Å². The quantitative estimate of drug-likeness (QED) is 0.674. The summed E-state index contributed by atoms with van der Waals surface area (Å²) in [4.78, 5) is 32.9. The smallest absolute Gasteiger partial charge is 0.263 e. The van der Waals surface area contributed by atoms with E-state index in [-0.39, 0.29) is 18.0 Å². The van der Waals surface area contributed by atoms with Gasteiger partial charge in [-0.2, -0.15) is 0 Å². The normalized spacial score (nSPS) is 15.3. The van der Waals surface area contributed by atoms with E-state index in [4.69, 9.17) is 0 Å². The Labute approximate surface area is 168 Å². The number of aromatic nitrogens is 2. The van der Waals surface area contributed by atoms with Gasteiger partial charge in [0.05, 0.1) is 11.7 Å². The van der Waals surface area contributed by atoms with Gasteiger partial charge in [-0.05, 0) is 43.7 Å². The Kier molecular flexibility index (Phi) is 5.06. The van der Waals surface area contributed by atoms with Crippen LogP contribution in [0.3, 0.4) is 0 Å². The van der Waals surface area contributed by atoms with Crippen LogP contribution in [-0.4, -0.2) is 33.4 Å². The number of aryl methyl sites for hydroxylation is 2. The summed E-state index contributed by atoms with van der Waals surface area (Å²) >= 11 is 1.47. The van der Waals surface area contributed by atoms with Gasteiger partial charge in [-0.3, -0.25) is 14.2 Å². The van der Waals surface area contributed by atoms with Crippen LogP contribution in [0.25, 0.3) is 21.3 Å². The van der Waals surface area contributed by atoms with Gasteiger partial charge >= 0.3 is 0 Å². The second-order valence-corrected chi connectivity index (χ2v) is 8.75. The zero-order valence-electron chi connectivity index (χ0n) is 16.6. The van der Waals surface area contributed by atoms with Gasteiger partial charge in [0.2, 0.25) is 5.91 Å². The Morgan fingerprint density at radius 2 is 1.96 bits per heavy atom. The summed E-state index contributed by atoms with van der Waals surface area (Å²) in [7, 11) is 0. The summed E-state index contributed by atoms with van der Waals surface area (Å²) in [6.07, 6.45) is 3.57. The fourth-order valence-corrected chi connectivity index (χ4v) is 4.80. The zero-order valence-corrected chi connectivity index (χ0v) is 17.4. The van der Waals surface area contributed by atoms with Crippen molar-refractivity contribution < 1.29 is 4.79 Å². The summed E-state index contributed by atoms with van der Waals surface area (Å²) in [5, 5.41) is 2.61. The lowest BCUT2D eigenvalue weighted by atomic mass is 9.99.